The van der Waals surface area contributed by atoms with Gasteiger partial charge in [0.05, 0.1) is 0 Å². The van der Waals surface area contributed by atoms with Crippen molar-refractivity contribution in [1.82, 2.24) is 4.90 Å². The summed E-state index contributed by atoms with van der Waals surface area (Å²) >= 11 is 2.08. The van der Waals surface area contributed by atoms with Gasteiger partial charge in [-0.15, -0.1) is 0 Å². The van der Waals surface area contributed by atoms with Gasteiger partial charge in [0.15, 0.2) is 0 Å². The number of hydrogen-bond donors (Lipinski definition) is 1. The maximum Gasteiger partial charge on any atom is 0.0251 e. The van der Waals surface area contributed by atoms with E-state index in [9.17, 15) is 0 Å². The first-order valence-electron chi connectivity index (χ1n) is 6.83. The van der Waals surface area contributed by atoms with E-state index in [2.05, 4.69) is 54.0 Å². The van der Waals surface area contributed by atoms with E-state index in [0.29, 0.717) is 6.04 Å². The Morgan fingerprint density at radius 2 is 2.17 bits per heavy atom. The lowest BCUT2D eigenvalue weighted by Crippen LogP contribution is -2.44. The first kappa shape index (κ1) is 13.9. The second-order valence-corrected chi connectivity index (χ2v) is 6.29. The molecule has 1 aromatic carbocycles. The van der Waals surface area contributed by atoms with Crippen LogP contribution in [0.3, 0.4) is 0 Å². The van der Waals surface area contributed by atoms with Crippen LogP contribution in [0.4, 0.5) is 0 Å². The van der Waals surface area contributed by atoms with Crippen molar-refractivity contribution in [3.8, 4) is 0 Å². The number of nitrogens with two attached hydrogens (primary N) is 1. The van der Waals surface area contributed by atoms with E-state index in [-0.39, 0.29) is 0 Å². The molecule has 0 aliphatic carbocycles. The number of benzene rings is 1. The molecule has 1 saturated heterocycles. The van der Waals surface area contributed by atoms with E-state index in [1.807, 2.05) is 0 Å². The molecule has 100 valence electrons. The molecule has 1 aromatic rings. The summed E-state index contributed by atoms with van der Waals surface area (Å²) in [6.45, 7) is 1.89. The summed E-state index contributed by atoms with van der Waals surface area (Å²) in [5.41, 5.74) is 7.39. The van der Waals surface area contributed by atoms with Crippen LogP contribution < -0.4 is 5.73 Å². The summed E-state index contributed by atoms with van der Waals surface area (Å²) < 4.78 is 0. The van der Waals surface area contributed by atoms with Crippen molar-refractivity contribution in [1.29, 1.82) is 0 Å². The van der Waals surface area contributed by atoms with Gasteiger partial charge in [0.2, 0.25) is 0 Å². The highest BCUT2D eigenvalue weighted by molar-refractivity contribution is 7.99. The molecular weight excluding hydrogens is 240 g/mol. The minimum Gasteiger partial charge on any atom is -0.329 e. The molecule has 0 amide bonds. The molecule has 2 atom stereocenters. The number of rotatable bonds is 6. The van der Waals surface area contributed by atoms with Gasteiger partial charge in [0, 0.05) is 19.1 Å². The van der Waals surface area contributed by atoms with E-state index >= 15 is 0 Å². The van der Waals surface area contributed by atoms with Gasteiger partial charge >= 0.3 is 0 Å². The van der Waals surface area contributed by atoms with Crippen LogP contribution in [0.5, 0.6) is 0 Å². The molecule has 2 N–H and O–H groups in total. The Bertz CT molecular complexity index is 336. The molecule has 1 fully saturated rings. The van der Waals surface area contributed by atoms with Crippen LogP contribution in [0.2, 0.25) is 0 Å². The van der Waals surface area contributed by atoms with Gasteiger partial charge in [0.25, 0.3) is 0 Å². The third-order valence-corrected chi connectivity index (χ3v) is 5.10. The molecule has 0 saturated carbocycles. The van der Waals surface area contributed by atoms with Crippen molar-refractivity contribution in [2.24, 2.45) is 11.7 Å². The van der Waals surface area contributed by atoms with Gasteiger partial charge in [-0.3, -0.25) is 0 Å². The maximum absolute atomic E-state index is 5.97. The molecule has 1 aliphatic heterocycles. The quantitative estimate of drug-likeness (QED) is 0.854. The second kappa shape index (κ2) is 7.17. The van der Waals surface area contributed by atoms with Crippen molar-refractivity contribution < 1.29 is 0 Å². The molecule has 2 nitrogen and oxygen atoms in total. The lowest BCUT2D eigenvalue weighted by molar-refractivity contribution is 0.193. The van der Waals surface area contributed by atoms with Crippen molar-refractivity contribution in [3.05, 3.63) is 35.9 Å². The van der Waals surface area contributed by atoms with Crippen LogP contribution in [0.15, 0.2) is 30.3 Å². The Hall–Kier alpha value is -0.510. The third-order valence-electron chi connectivity index (χ3n) is 3.91. The van der Waals surface area contributed by atoms with Crippen molar-refractivity contribution in [3.63, 3.8) is 0 Å². The monoisotopic (exact) mass is 264 g/mol. The number of thioether (sulfide) groups is 1. The first-order valence-corrected chi connectivity index (χ1v) is 7.98. The number of nitrogens with zero attached hydrogens (tertiary/aromatic N) is 1. The molecule has 2 rings (SSSR count). The Morgan fingerprint density at radius 3 is 2.78 bits per heavy atom. The summed E-state index contributed by atoms with van der Waals surface area (Å²) in [5, 5.41) is 0. The minimum absolute atomic E-state index is 0.559. The van der Waals surface area contributed by atoms with Crippen LogP contribution in [-0.4, -0.2) is 42.6 Å². The van der Waals surface area contributed by atoms with Gasteiger partial charge in [-0.25, -0.2) is 0 Å². The van der Waals surface area contributed by atoms with Gasteiger partial charge in [-0.05, 0) is 42.9 Å². The highest BCUT2D eigenvalue weighted by atomic mass is 32.2. The van der Waals surface area contributed by atoms with E-state index < -0.39 is 0 Å². The predicted molar refractivity (Wildman–Crippen MR) is 81.1 cm³/mol. The lowest BCUT2D eigenvalue weighted by atomic mass is 9.97. The van der Waals surface area contributed by atoms with E-state index in [1.54, 1.807) is 0 Å². The first-order chi connectivity index (χ1) is 8.81. The molecule has 2 unspecified atom stereocenters. The molecule has 0 spiro atoms. The van der Waals surface area contributed by atoms with Crippen LogP contribution in [-0.2, 0) is 6.42 Å². The molecule has 0 bridgehead atoms. The molecule has 0 radical (unpaired) electrons. The summed E-state index contributed by atoms with van der Waals surface area (Å²) in [7, 11) is 2.23. The summed E-state index contributed by atoms with van der Waals surface area (Å²) in [6.07, 6.45) is 2.45. The van der Waals surface area contributed by atoms with E-state index in [0.717, 1.165) is 25.4 Å². The fourth-order valence-corrected chi connectivity index (χ4v) is 4.03. The largest absolute Gasteiger partial charge is 0.329 e. The number of likely N-dealkylation sites (N-methyl/N-ethyl adjacent to an activating group) is 1. The standard InChI is InChI=1S/C15H24N2S/c1-17(9-7-13-5-3-2-4-6-13)15(11-16)14-8-10-18-12-14/h2-6,14-15H,7-12,16H2,1H3. The second-order valence-electron chi connectivity index (χ2n) is 5.14. The summed E-state index contributed by atoms with van der Waals surface area (Å²) in [4.78, 5) is 2.46. The molecular formula is C15H24N2S. The van der Waals surface area contributed by atoms with E-state index in [1.165, 1.54) is 23.5 Å². The fraction of sp³-hybridized carbons (Fsp3) is 0.600. The van der Waals surface area contributed by atoms with E-state index in [4.69, 9.17) is 5.73 Å². The highest BCUT2D eigenvalue weighted by Crippen LogP contribution is 2.28. The van der Waals surface area contributed by atoms with Crippen molar-refractivity contribution >= 4 is 11.8 Å². The Kier molecular flexibility index (Phi) is 5.54. The Labute approximate surface area is 115 Å². The summed E-state index contributed by atoms with van der Waals surface area (Å²) in [5.74, 6) is 3.39. The Balaban J connectivity index is 1.83. The fourth-order valence-electron chi connectivity index (χ4n) is 2.70. The average molecular weight is 264 g/mol. The van der Waals surface area contributed by atoms with Gasteiger partial charge in [0.1, 0.15) is 0 Å². The molecule has 18 heavy (non-hydrogen) atoms. The highest BCUT2D eigenvalue weighted by Gasteiger charge is 2.27. The SMILES string of the molecule is CN(CCc1ccccc1)C(CN)C1CCSC1. The topological polar surface area (TPSA) is 29.3 Å². The van der Waals surface area contributed by atoms with Gasteiger partial charge in [-0.2, -0.15) is 11.8 Å². The molecule has 1 heterocycles. The van der Waals surface area contributed by atoms with Crippen molar-refractivity contribution in [2.75, 3.05) is 31.6 Å². The zero-order valence-corrected chi connectivity index (χ0v) is 12.0. The van der Waals surface area contributed by atoms with Gasteiger partial charge in [-0.1, -0.05) is 30.3 Å². The zero-order chi connectivity index (χ0) is 12.8. The molecule has 1 aliphatic rings. The predicted octanol–water partition coefficient (Wildman–Crippen LogP) is 2.24. The van der Waals surface area contributed by atoms with Gasteiger partial charge < -0.3 is 10.6 Å². The zero-order valence-electron chi connectivity index (χ0n) is 11.2. The van der Waals surface area contributed by atoms with Crippen LogP contribution in [0.25, 0.3) is 0 Å². The lowest BCUT2D eigenvalue weighted by Gasteiger charge is -2.31. The Morgan fingerprint density at radius 1 is 1.39 bits per heavy atom. The normalized spacial score (nSPS) is 21.4. The smallest absolute Gasteiger partial charge is 0.0251 e. The molecule has 0 aromatic heterocycles. The maximum atomic E-state index is 5.97. The van der Waals surface area contributed by atoms with Crippen LogP contribution >= 0.6 is 11.8 Å². The van der Waals surface area contributed by atoms with Crippen LogP contribution in [0.1, 0.15) is 12.0 Å². The minimum atomic E-state index is 0.559. The van der Waals surface area contributed by atoms with Crippen molar-refractivity contribution in [2.45, 2.75) is 18.9 Å². The summed E-state index contributed by atoms with van der Waals surface area (Å²) in [6, 6.07) is 11.3. The van der Waals surface area contributed by atoms with Crippen LogP contribution in [0, 0.1) is 5.92 Å². The average Bonchev–Trinajstić information content (AvgIpc) is 2.92. The molecule has 3 heteroatoms. The number of hydrogen-bond acceptors (Lipinski definition) is 3. The third kappa shape index (κ3) is 3.74.